The van der Waals surface area contributed by atoms with Crippen LogP contribution in [0.3, 0.4) is 0 Å². The maximum Gasteiger partial charge on any atom is 0.307 e. The molecule has 0 amide bonds. The Balaban J connectivity index is 3.63. The molecular weight excluding hydrogens is 180 g/mol. The molecule has 0 saturated carbocycles. The summed E-state index contributed by atoms with van der Waals surface area (Å²) < 4.78 is 0. The predicted molar refractivity (Wildman–Crippen MR) is 57.4 cm³/mol. The van der Waals surface area contributed by atoms with Crippen molar-refractivity contribution in [1.82, 2.24) is 10.2 Å². The molecule has 4 nitrogen and oxygen atoms in total. The lowest BCUT2D eigenvalue weighted by molar-refractivity contribution is -0.141. The fourth-order valence-electron chi connectivity index (χ4n) is 1.03. The second kappa shape index (κ2) is 6.79. The molecule has 84 valence electrons. The second-order valence-electron chi connectivity index (χ2n) is 3.77. The number of carboxylic acids is 1. The molecule has 0 bridgehead atoms. The van der Waals surface area contributed by atoms with Gasteiger partial charge in [0.25, 0.3) is 0 Å². The van der Waals surface area contributed by atoms with E-state index in [1.54, 1.807) is 6.92 Å². The van der Waals surface area contributed by atoms with Crippen molar-refractivity contribution in [2.45, 2.75) is 26.8 Å². The first kappa shape index (κ1) is 13.4. The predicted octanol–water partition coefficient (Wildman–Crippen LogP) is 0.637. The molecule has 4 heteroatoms. The SMILES string of the molecule is CCN(C)CCNC(C)C(C)C(=O)O. The number of rotatable bonds is 7. The van der Waals surface area contributed by atoms with Gasteiger partial charge in [0.05, 0.1) is 5.92 Å². The first-order chi connectivity index (χ1) is 6.49. The van der Waals surface area contributed by atoms with Gasteiger partial charge in [-0.2, -0.15) is 0 Å². The number of carboxylic acid groups (broad SMARTS) is 1. The molecule has 0 saturated heterocycles. The summed E-state index contributed by atoms with van der Waals surface area (Å²) in [5, 5.41) is 12.0. The van der Waals surface area contributed by atoms with Crippen LogP contribution in [0.15, 0.2) is 0 Å². The fourth-order valence-corrected chi connectivity index (χ4v) is 1.03. The molecule has 2 unspecified atom stereocenters. The number of hydrogen-bond acceptors (Lipinski definition) is 3. The van der Waals surface area contributed by atoms with E-state index in [1.165, 1.54) is 0 Å². The number of hydrogen-bond donors (Lipinski definition) is 2. The largest absolute Gasteiger partial charge is 0.481 e. The van der Waals surface area contributed by atoms with Crippen molar-refractivity contribution in [2.24, 2.45) is 5.92 Å². The number of likely N-dealkylation sites (N-methyl/N-ethyl adjacent to an activating group) is 1. The van der Waals surface area contributed by atoms with Crippen molar-refractivity contribution in [2.75, 3.05) is 26.7 Å². The minimum Gasteiger partial charge on any atom is -0.481 e. The van der Waals surface area contributed by atoms with E-state index in [0.717, 1.165) is 19.6 Å². The third kappa shape index (κ3) is 5.19. The molecule has 0 fully saturated rings. The lowest BCUT2D eigenvalue weighted by Crippen LogP contribution is -2.40. The van der Waals surface area contributed by atoms with E-state index < -0.39 is 5.97 Å². The molecule has 0 heterocycles. The Morgan fingerprint density at radius 2 is 2.07 bits per heavy atom. The summed E-state index contributed by atoms with van der Waals surface area (Å²) in [4.78, 5) is 12.8. The first-order valence-corrected chi connectivity index (χ1v) is 5.13. The van der Waals surface area contributed by atoms with E-state index in [0.29, 0.717) is 0 Å². The van der Waals surface area contributed by atoms with Crippen molar-refractivity contribution in [3.8, 4) is 0 Å². The van der Waals surface area contributed by atoms with Gasteiger partial charge < -0.3 is 15.3 Å². The second-order valence-corrected chi connectivity index (χ2v) is 3.77. The molecular formula is C10H22N2O2. The van der Waals surface area contributed by atoms with Gasteiger partial charge in [-0.05, 0) is 20.5 Å². The van der Waals surface area contributed by atoms with Crippen LogP contribution < -0.4 is 5.32 Å². The molecule has 0 radical (unpaired) electrons. The Morgan fingerprint density at radius 1 is 1.50 bits per heavy atom. The topological polar surface area (TPSA) is 52.6 Å². The van der Waals surface area contributed by atoms with Crippen LogP contribution in [0.5, 0.6) is 0 Å². The van der Waals surface area contributed by atoms with Crippen molar-refractivity contribution in [3.05, 3.63) is 0 Å². The molecule has 0 aromatic heterocycles. The number of carbonyl (C=O) groups is 1. The van der Waals surface area contributed by atoms with Gasteiger partial charge in [0.2, 0.25) is 0 Å². The Hall–Kier alpha value is -0.610. The van der Waals surface area contributed by atoms with E-state index in [9.17, 15) is 4.79 Å². The van der Waals surface area contributed by atoms with Crippen molar-refractivity contribution < 1.29 is 9.90 Å². The number of nitrogens with zero attached hydrogens (tertiary/aromatic N) is 1. The zero-order chi connectivity index (χ0) is 11.1. The highest BCUT2D eigenvalue weighted by atomic mass is 16.4. The number of nitrogens with one attached hydrogen (secondary N) is 1. The lowest BCUT2D eigenvalue weighted by atomic mass is 10.0. The zero-order valence-corrected chi connectivity index (χ0v) is 9.58. The molecule has 0 aliphatic rings. The minimum absolute atomic E-state index is 0.0257. The lowest BCUT2D eigenvalue weighted by Gasteiger charge is -2.20. The fraction of sp³-hybridized carbons (Fsp3) is 0.900. The van der Waals surface area contributed by atoms with E-state index in [4.69, 9.17) is 5.11 Å². The van der Waals surface area contributed by atoms with Gasteiger partial charge in [0, 0.05) is 19.1 Å². The smallest absolute Gasteiger partial charge is 0.307 e. The van der Waals surface area contributed by atoms with Crippen molar-refractivity contribution >= 4 is 5.97 Å². The van der Waals surface area contributed by atoms with Crippen LogP contribution in [-0.2, 0) is 4.79 Å². The van der Waals surface area contributed by atoms with E-state index in [2.05, 4.69) is 17.1 Å². The monoisotopic (exact) mass is 202 g/mol. The van der Waals surface area contributed by atoms with Gasteiger partial charge in [-0.15, -0.1) is 0 Å². The van der Waals surface area contributed by atoms with Crippen molar-refractivity contribution in [3.63, 3.8) is 0 Å². The quantitative estimate of drug-likeness (QED) is 0.636. The van der Waals surface area contributed by atoms with E-state index in [1.807, 2.05) is 14.0 Å². The summed E-state index contributed by atoms with van der Waals surface area (Å²) in [7, 11) is 2.05. The summed E-state index contributed by atoms with van der Waals surface area (Å²) in [6.07, 6.45) is 0. The average Bonchev–Trinajstić information content (AvgIpc) is 2.15. The first-order valence-electron chi connectivity index (χ1n) is 5.13. The van der Waals surface area contributed by atoms with E-state index in [-0.39, 0.29) is 12.0 Å². The highest BCUT2D eigenvalue weighted by molar-refractivity contribution is 5.70. The van der Waals surface area contributed by atoms with Crippen LogP contribution in [0.1, 0.15) is 20.8 Å². The molecule has 0 aliphatic heterocycles. The van der Waals surface area contributed by atoms with Crippen LogP contribution >= 0.6 is 0 Å². The van der Waals surface area contributed by atoms with Gasteiger partial charge in [-0.25, -0.2) is 0 Å². The summed E-state index contributed by atoms with van der Waals surface area (Å²) in [6, 6.07) is 0.0257. The Labute approximate surface area is 86.3 Å². The molecule has 0 aromatic rings. The molecule has 0 rings (SSSR count). The molecule has 2 N–H and O–H groups in total. The molecule has 0 aromatic carbocycles. The Bertz CT molecular complexity index is 174. The molecule has 0 aliphatic carbocycles. The van der Waals surface area contributed by atoms with Crippen LogP contribution in [0.2, 0.25) is 0 Å². The van der Waals surface area contributed by atoms with Gasteiger partial charge in [0.15, 0.2) is 0 Å². The summed E-state index contributed by atoms with van der Waals surface area (Å²) in [5.41, 5.74) is 0. The standard InChI is InChI=1S/C10H22N2O2/c1-5-12(4)7-6-11-9(3)8(2)10(13)14/h8-9,11H,5-7H2,1-4H3,(H,13,14). The summed E-state index contributed by atoms with van der Waals surface area (Å²) in [5.74, 6) is -1.07. The highest BCUT2D eigenvalue weighted by Gasteiger charge is 2.18. The average molecular weight is 202 g/mol. The Kier molecular flexibility index (Phi) is 6.49. The zero-order valence-electron chi connectivity index (χ0n) is 9.58. The summed E-state index contributed by atoms with van der Waals surface area (Å²) in [6.45, 7) is 8.54. The van der Waals surface area contributed by atoms with Crippen LogP contribution in [0.25, 0.3) is 0 Å². The Morgan fingerprint density at radius 3 is 2.50 bits per heavy atom. The highest BCUT2D eigenvalue weighted by Crippen LogP contribution is 2.01. The normalized spacial score (nSPS) is 15.5. The van der Waals surface area contributed by atoms with Crippen LogP contribution in [0, 0.1) is 5.92 Å². The van der Waals surface area contributed by atoms with Gasteiger partial charge in [-0.3, -0.25) is 4.79 Å². The maximum atomic E-state index is 10.6. The molecule has 14 heavy (non-hydrogen) atoms. The van der Waals surface area contributed by atoms with Crippen molar-refractivity contribution in [1.29, 1.82) is 0 Å². The molecule has 0 spiro atoms. The van der Waals surface area contributed by atoms with Gasteiger partial charge >= 0.3 is 5.97 Å². The van der Waals surface area contributed by atoms with Gasteiger partial charge in [0.1, 0.15) is 0 Å². The number of aliphatic carboxylic acids is 1. The van der Waals surface area contributed by atoms with Crippen LogP contribution in [0.4, 0.5) is 0 Å². The third-order valence-corrected chi connectivity index (χ3v) is 2.64. The van der Waals surface area contributed by atoms with E-state index >= 15 is 0 Å². The van der Waals surface area contributed by atoms with Crippen LogP contribution in [-0.4, -0.2) is 48.7 Å². The maximum absolute atomic E-state index is 10.6. The third-order valence-electron chi connectivity index (χ3n) is 2.64. The minimum atomic E-state index is -0.742. The summed E-state index contributed by atoms with van der Waals surface area (Å²) >= 11 is 0. The van der Waals surface area contributed by atoms with Gasteiger partial charge in [-0.1, -0.05) is 13.8 Å². The molecule has 2 atom stereocenters.